The molecule has 86 valence electrons. The third kappa shape index (κ3) is 2.71. The molecule has 0 radical (unpaired) electrons. The second kappa shape index (κ2) is 4.52. The van der Waals surface area contributed by atoms with Crippen molar-refractivity contribution in [1.82, 2.24) is 0 Å². The van der Waals surface area contributed by atoms with E-state index >= 15 is 0 Å². The van der Waals surface area contributed by atoms with Crippen LogP contribution >= 0.6 is 0 Å². The Morgan fingerprint density at radius 3 is 2.53 bits per heavy atom. The molecule has 1 unspecified atom stereocenters. The number of ether oxygens (including phenoxy) is 1. The molecule has 1 saturated carbocycles. The molecular formula is C12H20O3. The summed E-state index contributed by atoms with van der Waals surface area (Å²) in [5.41, 5.74) is -0.783. The van der Waals surface area contributed by atoms with Crippen molar-refractivity contribution >= 4 is 5.97 Å². The van der Waals surface area contributed by atoms with Crippen LogP contribution in [0.25, 0.3) is 0 Å². The van der Waals surface area contributed by atoms with Crippen LogP contribution in [0.15, 0.2) is 0 Å². The molecule has 2 rings (SSSR count). The standard InChI is InChI=1S/C12H20O3/c13-11(14)12(9-15-12)8-4-7-10-5-2-1-3-6-10/h10H,1-9H2,(H,13,14). The fourth-order valence-corrected chi connectivity index (χ4v) is 2.61. The maximum Gasteiger partial charge on any atom is 0.338 e. The molecule has 0 amide bonds. The average Bonchev–Trinajstić information content (AvgIpc) is 3.01. The third-order valence-electron chi connectivity index (χ3n) is 3.80. The highest BCUT2D eigenvalue weighted by molar-refractivity contribution is 5.80. The van der Waals surface area contributed by atoms with Gasteiger partial charge in [0.15, 0.2) is 5.60 Å². The number of carbonyl (C=O) groups is 1. The van der Waals surface area contributed by atoms with Crippen molar-refractivity contribution < 1.29 is 14.6 Å². The van der Waals surface area contributed by atoms with Crippen molar-refractivity contribution in [3.05, 3.63) is 0 Å². The summed E-state index contributed by atoms with van der Waals surface area (Å²) in [4.78, 5) is 10.8. The summed E-state index contributed by atoms with van der Waals surface area (Å²) in [6.45, 7) is 0.424. The Morgan fingerprint density at radius 2 is 2.00 bits per heavy atom. The highest BCUT2D eigenvalue weighted by Crippen LogP contribution is 2.35. The number of hydrogen-bond donors (Lipinski definition) is 1. The van der Waals surface area contributed by atoms with E-state index in [-0.39, 0.29) is 0 Å². The lowest BCUT2D eigenvalue weighted by Gasteiger charge is -2.21. The zero-order valence-corrected chi connectivity index (χ0v) is 9.21. The lowest BCUT2D eigenvalue weighted by atomic mass is 9.85. The van der Waals surface area contributed by atoms with Crippen LogP contribution < -0.4 is 0 Å². The molecule has 2 fully saturated rings. The van der Waals surface area contributed by atoms with Gasteiger partial charge in [0.25, 0.3) is 0 Å². The first-order valence-electron chi connectivity index (χ1n) is 6.10. The van der Waals surface area contributed by atoms with Gasteiger partial charge in [0.2, 0.25) is 0 Å². The molecule has 3 heteroatoms. The number of hydrogen-bond acceptors (Lipinski definition) is 2. The van der Waals surface area contributed by atoms with E-state index in [1.807, 2.05) is 0 Å². The van der Waals surface area contributed by atoms with Gasteiger partial charge in [-0.2, -0.15) is 0 Å². The van der Waals surface area contributed by atoms with Gasteiger partial charge in [0, 0.05) is 0 Å². The van der Waals surface area contributed by atoms with Crippen molar-refractivity contribution in [2.75, 3.05) is 6.61 Å². The quantitative estimate of drug-likeness (QED) is 0.712. The lowest BCUT2D eigenvalue weighted by molar-refractivity contribution is -0.143. The Morgan fingerprint density at radius 1 is 1.33 bits per heavy atom. The maximum absolute atomic E-state index is 10.8. The molecule has 1 aliphatic carbocycles. The van der Waals surface area contributed by atoms with Crippen molar-refractivity contribution in [1.29, 1.82) is 0 Å². The molecule has 1 heterocycles. The molecule has 0 aromatic rings. The molecule has 0 aromatic heterocycles. The Bertz CT molecular complexity index is 227. The molecule has 0 spiro atoms. The molecule has 1 aliphatic heterocycles. The molecule has 1 atom stereocenters. The average molecular weight is 212 g/mol. The van der Waals surface area contributed by atoms with Crippen LogP contribution in [0.5, 0.6) is 0 Å². The summed E-state index contributed by atoms with van der Waals surface area (Å²) < 4.78 is 5.05. The highest BCUT2D eigenvalue weighted by Gasteiger charge is 2.51. The summed E-state index contributed by atoms with van der Waals surface area (Å²) in [6.07, 6.45) is 9.73. The largest absolute Gasteiger partial charge is 0.479 e. The zero-order chi connectivity index (χ0) is 10.7. The molecule has 3 nitrogen and oxygen atoms in total. The minimum atomic E-state index is -0.783. The van der Waals surface area contributed by atoms with Gasteiger partial charge in [-0.3, -0.25) is 0 Å². The van der Waals surface area contributed by atoms with E-state index in [0.717, 1.165) is 12.3 Å². The maximum atomic E-state index is 10.8. The van der Waals surface area contributed by atoms with E-state index in [4.69, 9.17) is 9.84 Å². The first-order valence-corrected chi connectivity index (χ1v) is 6.10. The van der Waals surface area contributed by atoms with Crippen LogP contribution in [0.4, 0.5) is 0 Å². The minimum Gasteiger partial charge on any atom is -0.479 e. The predicted molar refractivity (Wildman–Crippen MR) is 56.7 cm³/mol. The van der Waals surface area contributed by atoms with Crippen LogP contribution in [-0.4, -0.2) is 23.3 Å². The van der Waals surface area contributed by atoms with Gasteiger partial charge < -0.3 is 9.84 Å². The number of aliphatic carboxylic acids is 1. The van der Waals surface area contributed by atoms with Crippen LogP contribution in [0.2, 0.25) is 0 Å². The molecule has 0 aromatic carbocycles. The van der Waals surface area contributed by atoms with E-state index in [9.17, 15) is 4.79 Å². The second-order valence-corrected chi connectivity index (χ2v) is 4.98. The number of carboxylic acids is 1. The van der Waals surface area contributed by atoms with Crippen LogP contribution in [0.1, 0.15) is 51.4 Å². The molecular weight excluding hydrogens is 192 g/mol. The minimum absolute atomic E-state index is 0.424. The van der Waals surface area contributed by atoms with E-state index in [1.165, 1.54) is 38.5 Å². The number of epoxide rings is 1. The van der Waals surface area contributed by atoms with Gasteiger partial charge in [-0.05, 0) is 18.8 Å². The van der Waals surface area contributed by atoms with Gasteiger partial charge in [0.1, 0.15) is 0 Å². The number of rotatable bonds is 5. The summed E-state index contributed by atoms with van der Waals surface area (Å²) in [5.74, 6) is 0.0782. The zero-order valence-electron chi connectivity index (χ0n) is 9.21. The topological polar surface area (TPSA) is 49.8 Å². The molecule has 15 heavy (non-hydrogen) atoms. The molecule has 1 N–H and O–H groups in total. The predicted octanol–water partition coefficient (Wildman–Crippen LogP) is 2.59. The molecule has 0 bridgehead atoms. The van der Waals surface area contributed by atoms with Crippen molar-refractivity contribution in [2.24, 2.45) is 5.92 Å². The molecule has 1 saturated heterocycles. The van der Waals surface area contributed by atoms with Gasteiger partial charge >= 0.3 is 5.97 Å². The van der Waals surface area contributed by atoms with E-state index in [1.54, 1.807) is 0 Å². The van der Waals surface area contributed by atoms with E-state index < -0.39 is 11.6 Å². The van der Waals surface area contributed by atoms with Crippen LogP contribution in [-0.2, 0) is 9.53 Å². The SMILES string of the molecule is O=C(O)C1(CCCC2CCCCC2)CO1. The lowest BCUT2D eigenvalue weighted by Crippen LogP contribution is -2.24. The molecule has 2 aliphatic rings. The van der Waals surface area contributed by atoms with Crippen molar-refractivity contribution in [3.63, 3.8) is 0 Å². The summed E-state index contributed by atoms with van der Waals surface area (Å²) in [7, 11) is 0. The fourth-order valence-electron chi connectivity index (χ4n) is 2.61. The second-order valence-electron chi connectivity index (χ2n) is 4.98. The van der Waals surface area contributed by atoms with Crippen molar-refractivity contribution in [2.45, 2.75) is 57.0 Å². The summed E-state index contributed by atoms with van der Waals surface area (Å²) in [6, 6.07) is 0. The van der Waals surface area contributed by atoms with Gasteiger partial charge in [-0.1, -0.05) is 38.5 Å². The van der Waals surface area contributed by atoms with Gasteiger partial charge in [-0.25, -0.2) is 4.79 Å². The van der Waals surface area contributed by atoms with E-state index in [0.29, 0.717) is 13.0 Å². The highest BCUT2D eigenvalue weighted by atomic mass is 16.6. The van der Waals surface area contributed by atoms with Gasteiger partial charge in [0.05, 0.1) is 6.61 Å². The normalized spacial score (nSPS) is 31.5. The summed E-state index contributed by atoms with van der Waals surface area (Å²) in [5, 5.41) is 8.92. The first-order chi connectivity index (χ1) is 7.23. The Hall–Kier alpha value is -0.570. The van der Waals surface area contributed by atoms with Crippen molar-refractivity contribution in [3.8, 4) is 0 Å². The fraction of sp³-hybridized carbons (Fsp3) is 0.917. The summed E-state index contributed by atoms with van der Waals surface area (Å²) >= 11 is 0. The smallest absolute Gasteiger partial charge is 0.338 e. The number of carboxylic acid groups (broad SMARTS) is 1. The van der Waals surface area contributed by atoms with Crippen LogP contribution in [0.3, 0.4) is 0 Å². The van der Waals surface area contributed by atoms with Gasteiger partial charge in [-0.15, -0.1) is 0 Å². The Labute approximate surface area is 90.8 Å². The first kappa shape index (κ1) is 10.9. The van der Waals surface area contributed by atoms with Crippen LogP contribution in [0, 0.1) is 5.92 Å². The third-order valence-corrected chi connectivity index (χ3v) is 3.80. The Balaban J connectivity index is 1.64. The Kier molecular flexibility index (Phi) is 3.29. The monoisotopic (exact) mass is 212 g/mol. The van der Waals surface area contributed by atoms with E-state index in [2.05, 4.69) is 0 Å².